The molecule has 0 fully saturated rings. The van der Waals surface area contributed by atoms with E-state index in [2.05, 4.69) is 10.6 Å². The van der Waals surface area contributed by atoms with E-state index in [0.29, 0.717) is 17.0 Å². The lowest BCUT2D eigenvalue weighted by Crippen LogP contribution is -2.45. The maximum absolute atomic E-state index is 12.6. The van der Waals surface area contributed by atoms with Gasteiger partial charge in [0.15, 0.2) is 0 Å². The first-order valence-corrected chi connectivity index (χ1v) is 7.70. The predicted octanol–water partition coefficient (Wildman–Crippen LogP) is 2.66. The Hall–Kier alpha value is -3.22. The predicted molar refractivity (Wildman–Crippen MR) is 88.6 cm³/mol. The second kappa shape index (κ2) is 7.12. The van der Waals surface area contributed by atoms with E-state index in [1.54, 1.807) is 38.3 Å². The van der Waals surface area contributed by atoms with Gasteiger partial charge in [-0.05, 0) is 36.8 Å². The molecule has 25 heavy (non-hydrogen) atoms. The van der Waals surface area contributed by atoms with Crippen LogP contribution in [0.1, 0.15) is 24.3 Å². The number of amides is 2. The Morgan fingerprint density at radius 1 is 1.24 bits per heavy atom. The van der Waals surface area contributed by atoms with Crippen molar-refractivity contribution in [1.29, 1.82) is 0 Å². The average molecular weight is 342 g/mol. The van der Waals surface area contributed by atoms with Crippen LogP contribution in [0.15, 0.2) is 58.3 Å². The van der Waals surface area contributed by atoms with E-state index >= 15 is 0 Å². The van der Waals surface area contributed by atoms with Gasteiger partial charge in [-0.15, -0.1) is 0 Å². The second-order valence-electron chi connectivity index (χ2n) is 5.51. The molecule has 3 rings (SSSR count). The molecule has 0 bridgehead atoms. The van der Waals surface area contributed by atoms with Crippen LogP contribution in [0.25, 0.3) is 0 Å². The highest BCUT2D eigenvalue weighted by atomic mass is 16.5. The third-order valence-electron chi connectivity index (χ3n) is 3.85. The van der Waals surface area contributed by atoms with Gasteiger partial charge in [0, 0.05) is 5.70 Å². The van der Waals surface area contributed by atoms with Crippen LogP contribution in [0.3, 0.4) is 0 Å². The van der Waals surface area contributed by atoms with E-state index in [9.17, 15) is 9.59 Å². The number of esters is 1. The molecule has 2 N–H and O–H groups in total. The van der Waals surface area contributed by atoms with Crippen molar-refractivity contribution < 1.29 is 23.5 Å². The quantitative estimate of drug-likeness (QED) is 0.816. The minimum Gasteiger partial charge on any atom is -0.497 e. The summed E-state index contributed by atoms with van der Waals surface area (Å²) in [5.74, 6) is 0.665. The number of benzene rings is 1. The first-order chi connectivity index (χ1) is 12.1. The largest absolute Gasteiger partial charge is 0.497 e. The summed E-state index contributed by atoms with van der Waals surface area (Å²) in [4.78, 5) is 24.3. The second-order valence-corrected chi connectivity index (χ2v) is 5.51. The van der Waals surface area contributed by atoms with Crippen molar-refractivity contribution in [2.24, 2.45) is 0 Å². The zero-order valence-electron chi connectivity index (χ0n) is 13.9. The SMILES string of the molecule is COc1ccc(COC(=O)C2=C(C)NC(=O)N[C@H]2c2ccco2)cc1. The molecular weight excluding hydrogens is 324 g/mol. The van der Waals surface area contributed by atoms with E-state index in [0.717, 1.165) is 11.3 Å². The monoisotopic (exact) mass is 342 g/mol. The summed E-state index contributed by atoms with van der Waals surface area (Å²) in [6, 6.07) is 9.53. The highest BCUT2D eigenvalue weighted by Crippen LogP contribution is 2.28. The molecule has 2 heterocycles. The molecule has 130 valence electrons. The standard InChI is InChI=1S/C18H18N2O5/c1-11-15(16(20-18(22)19-11)14-4-3-9-24-14)17(21)25-10-12-5-7-13(23-2)8-6-12/h3-9,16H,10H2,1-2H3,(H2,19,20,22)/t16-/m0/s1. The van der Waals surface area contributed by atoms with Gasteiger partial charge >= 0.3 is 12.0 Å². The molecule has 2 amide bonds. The zero-order valence-corrected chi connectivity index (χ0v) is 13.9. The van der Waals surface area contributed by atoms with Crippen LogP contribution in [-0.4, -0.2) is 19.1 Å². The molecule has 7 nitrogen and oxygen atoms in total. The number of urea groups is 1. The molecule has 0 aliphatic carbocycles. The Labute approximate surface area is 144 Å². The number of carbonyl (C=O) groups is 2. The molecule has 0 saturated heterocycles. The molecule has 1 aliphatic rings. The Morgan fingerprint density at radius 2 is 2.00 bits per heavy atom. The molecule has 1 atom stereocenters. The van der Waals surface area contributed by atoms with E-state index in [4.69, 9.17) is 13.9 Å². The van der Waals surface area contributed by atoms with Gasteiger partial charge in [-0.3, -0.25) is 0 Å². The molecule has 0 radical (unpaired) electrons. The molecule has 7 heteroatoms. The van der Waals surface area contributed by atoms with Crippen LogP contribution < -0.4 is 15.4 Å². The highest BCUT2D eigenvalue weighted by Gasteiger charge is 2.33. The minimum absolute atomic E-state index is 0.110. The van der Waals surface area contributed by atoms with Crippen LogP contribution in [-0.2, 0) is 16.1 Å². The molecular formula is C18H18N2O5. The molecule has 1 aromatic carbocycles. The van der Waals surface area contributed by atoms with Crippen LogP contribution in [0.5, 0.6) is 5.75 Å². The summed E-state index contributed by atoms with van der Waals surface area (Å²) in [7, 11) is 1.59. The summed E-state index contributed by atoms with van der Waals surface area (Å²) >= 11 is 0. The summed E-state index contributed by atoms with van der Waals surface area (Å²) in [6.07, 6.45) is 1.49. The van der Waals surface area contributed by atoms with Gasteiger partial charge in [0.25, 0.3) is 0 Å². The molecule has 0 saturated carbocycles. The Morgan fingerprint density at radius 3 is 2.64 bits per heavy atom. The number of carbonyl (C=O) groups excluding carboxylic acids is 2. The van der Waals surface area contributed by atoms with Crippen LogP contribution in [0, 0.1) is 0 Å². The van der Waals surface area contributed by atoms with Gasteiger partial charge in [-0.2, -0.15) is 0 Å². The number of rotatable bonds is 5. The number of hydrogen-bond acceptors (Lipinski definition) is 5. The fraction of sp³-hybridized carbons (Fsp3) is 0.222. The number of nitrogens with one attached hydrogen (secondary N) is 2. The maximum Gasteiger partial charge on any atom is 0.338 e. The Balaban J connectivity index is 1.76. The van der Waals surface area contributed by atoms with Crippen molar-refractivity contribution in [2.45, 2.75) is 19.6 Å². The third-order valence-corrected chi connectivity index (χ3v) is 3.85. The third kappa shape index (κ3) is 3.65. The summed E-state index contributed by atoms with van der Waals surface area (Å²) in [5, 5.41) is 5.26. The van der Waals surface area contributed by atoms with Crippen molar-refractivity contribution >= 4 is 12.0 Å². The van der Waals surface area contributed by atoms with Gasteiger partial charge in [-0.25, -0.2) is 9.59 Å². The number of allylic oxidation sites excluding steroid dienone is 1. The summed E-state index contributed by atoms with van der Waals surface area (Å²) in [5.41, 5.74) is 1.57. The first-order valence-electron chi connectivity index (χ1n) is 7.70. The zero-order chi connectivity index (χ0) is 17.8. The van der Waals surface area contributed by atoms with Crippen molar-refractivity contribution in [3.63, 3.8) is 0 Å². The van der Waals surface area contributed by atoms with Crippen molar-refractivity contribution in [1.82, 2.24) is 10.6 Å². The number of methoxy groups -OCH3 is 1. The smallest absolute Gasteiger partial charge is 0.338 e. The van der Waals surface area contributed by atoms with E-state index in [1.807, 2.05) is 12.1 Å². The molecule has 2 aromatic rings. The van der Waals surface area contributed by atoms with Crippen LogP contribution >= 0.6 is 0 Å². The number of furan rings is 1. The lowest BCUT2D eigenvalue weighted by molar-refractivity contribution is -0.140. The van der Waals surface area contributed by atoms with Crippen LogP contribution in [0.4, 0.5) is 4.79 Å². The maximum atomic E-state index is 12.6. The summed E-state index contributed by atoms with van der Waals surface area (Å²) < 4.78 is 15.8. The van der Waals surface area contributed by atoms with Gasteiger partial charge in [-0.1, -0.05) is 12.1 Å². The van der Waals surface area contributed by atoms with E-state index < -0.39 is 18.0 Å². The molecule has 0 spiro atoms. The number of hydrogen-bond donors (Lipinski definition) is 2. The average Bonchev–Trinajstić information content (AvgIpc) is 3.14. The fourth-order valence-corrected chi connectivity index (χ4v) is 2.58. The molecule has 1 aliphatic heterocycles. The van der Waals surface area contributed by atoms with Crippen molar-refractivity contribution in [2.75, 3.05) is 7.11 Å². The van der Waals surface area contributed by atoms with Gasteiger partial charge in [0.2, 0.25) is 0 Å². The first kappa shape index (κ1) is 16.6. The Bertz CT molecular complexity index is 793. The van der Waals surface area contributed by atoms with Gasteiger partial charge in [0.05, 0.1) is 18.9 Å². The Kier molecular flexibility index (Phi) is 4.74. The lowest BCUT2D eigenvalue weighted by atomic mass is 10.0. The van der Waals surface area contributed by atoms with Crippen LogP contribution in [0.2, 0.25) is 0 Å². The van der Waals surface area contributed by atoms with Crippen molar-refractivity contribution in [3.8, 4) is 5.75 Å². The van der Waals surface area contributed by atoms with E-state index in [1.165, 1.54) is 6.26 Å². The van der Waals surface area contributed by atoms with Crippen molar-refractivity contribution in [3.05, 3.63) is 65.3 Å². The normalized spacial score (nSPS) is 16.9. The summed E-state index contributed by atoms with van der Waals surface area (Å²) in [6.45, 7) is 1.76. The van der Waals surface area contributed by atoms with E-state index in [-0.39, 0.29) is 6.61 Å². The molecule has 0 unspecified atom stereocenters. The fourth-order valence-electron chi connectivity index (χ4n) is 2.58. The number of ether oxygens (including phenoxy) is 2. The topological polar surface area (TPSA) is 89.8 Å². The minimum atomic E-state index is -0.688. The highest BCUT2D eigenvalue weighted by molar-refractivity contribution is 5.94. The molecule has 1 aromatic heterocycles. The van der Waals surface area contributed by atoms with Gasteiger partial charge < -0.3 is 24.5 Å². The van der Waals surface area contributed by atoms with Gasteiger partial charge in [0.1, 0.15) is 24.2 Å². The lowest BCUT2D eigenvalue weighted by Gasteiger charge is -2.26.